The monoisotopic (exact) mass is 296 g/mol. The average molecular weight is 296 g/mol. The van der Waals surface area contributed by atoms with Gasteiger partial charge in [-0.15, -0.1) is 11.3 Å². The van der Waals surface area contributed by atoms with Gasteiger partial charge in [-0.1, -0.05) is 0 Å². The van der Waals surface area contributed by atoms with E-state index in [2.05, 4.69) is 9.97 Å². The van der Waals surface area contributed by atoms with Crippen molar-refractivity contribution in [3.63, 3.8) is 0 Å². The Morgan fingerprint density at radius 3 is 2.63 bits per heavy atom. The molecule has 1 aliphatic carbocycles. The van der Waals surface area contributed by atoms with Crippen LogP contribution in [0.25, 0.3) is 10.2 Å². The molecule has 0 unspecified atom stereocenters. The number of aryl methyl sites for hydroxylation is 2. The van der Waals surface area contributed by atoms with Crippen molar-refractivity contribution >= 4 is 86.6 Å². The van der Waals surface area contributed by atoms with Crippen LogP contribution in [-0.2, 0) is 12.8 Å². The van der Waals surface area contributed by atoms with Crippen molar-refractivity contribution in [2.24, 2.45) is 0 Å². The molecule has 0 saturated heterocycles. The normalized spacial score (nSPS) is 13.3. The molecule has 2 aromatic rings. The molecule has 5 nitrogen and oxygen atoms in total. The SMILES string of the molecule is O=C(O)c1nc2sc3c(c2c(=O)[nH]1)CCCC3.[Na].[Na]. The molecule has 1 aliphatic rings. The molecular weight excluding hydrogens is 286 g/mol. The number of H-pyrrole nitrogens is 1. The summed E-state index contributed by atoms with van der Waals surface area (Å²) in [4.78, 5) is 30.8. The maximum atomic E-state index is 11.9. The number of carboxylic acid groups (broad SMARTS) is 1. The maximum Gasteiger partial charge on any atom is 0.372 e. The molecule has 0 bridgehead atoms. The van der Waals surface area contributed by atoms with Gasteiger partial charge in [0.15, 0.2) is 0 Å². The molecule has 2 N–H and O–H groups in total. The molecule has 0 aromatic carbocycles. The third-order valence-corrected chi connectivity index (χ3v) is 4.21. The van der Waals surface area contributed by atoms with Gasteiger partial charge in [0.2, 0.25) is 5.82 Å². The molecule has 2 radical (unpaired) electrons. The number of carboxylic acids is 1. The number of aromatic nitrogens is 2. The fraction of sp³-hybridized carbons (Fsp3) is 0.364. The van der Waals surface area contributed by atoms with Crippen LogP contribution in [0.1, 0.15) is 33.9 Å². The van der Waals surface area contributed by atoms with Crippen LogP contribution in [0.3, 0.4) is 0 Å². The van der Waals surface area contributed by atoms with Crippen LogP contribution in [0.15, 0.2) is 4.79 Å². The predicted molar refractivity (Wildman–Crippen MR) is 75.4 cm³/mol. The van der Waals surface area contributed by atoms with Gasteiger partial charge in [-0.3, -0.25) is 4.79 Å². The van der Waals surface area contributed by atoms with Gasteiger partial charge in [-0.2, -0.15) is 0 Å². The summed E-state index contributed by atoms with van der Waals surface area (Å²) in [6.45, 7) is 0. The minimum Gasteiger partial charge on any atom is -0.475 e. The second-order valence-electron chi connectivity index (χ2n) is 4.11. The summed E-state index contributed by atoms with van der Waals surface area (Å²) in [6, 6.07) is 0. The summed E-state index contributed by atoms with van der Waals surface area (Å²) in [6.07, 6.45) is 4.08. The average Bonchev–Trinajstić information content (AvgIpc) is 2.67. The van der Waals surface area contributed by atoms with Gasteiger partial charge < -0.3 is 10.1 Å². The third kappa shape index (κ3) is 3.15. The molecule has 8 heteroatoms. The molecular formula is C11H10N2Na2O3S. The van der Waals surface area contributed by atoms with Crippen LogP contribution in [0, 0.1) is 0 Å². The van der Waals surface area contributed by atoms with E-state index in [9.17, 15) is 9.59 Å². The van der Waals surface area contributed by atoms with Crippen molar-refractivity contribution < 1.29 is 9.90 Å². The number of fused-ring (bicyclic) bond motifs is 3. The number of aromatic carboxylic acids is 1. The first kappa shape index (κ1) is 17.4. The fourth-order valence-corrected chi connectivity index (χ4v) is 3.53. The second-order valence-corrected chi connectivity index (χ2v) is 5.19. The third-order valence-electron chi connectivity index (χ3n) is 3.03. The fourth-order valence-electron chi connectivity index (χ4n) is 2.27. The van der Waals surface area contributed by atoms with Crippen molar-refractivity contribution in [1.82, 2.24) is 9.97 Å². The molecule has 0 amide bonds. The number of carbonyl (C=O) groups is 1. The Balaban J connectivity index is 0.000000902. The first-order valence-corrected chi connectivity index (χ1v) is 6.26. The Morgan fingerprint density at radius 1 is 1.26 bits per heavy atom. The zero-order valence-electron chi connectivity index (χ0n) is 10.9. The van der Waals surface area contributed by atoms with Crippen molar-refractivity contribution in [3.8, 4) is 0 Å². The van der Waals surface area contributed by atoms with E-state index in [1.165, 1.54) is 16.2 Å². The predicted octanol–water partition coefficient (Wildman–Crippen LogP) is 0.800. The molecule has 0 aliphatic heterocycles. The van der Waals surface area contributed by atoms with E-state index in [0.717, 1.165) is 31.2 Å². The van der Waals surface area contributed by atoms with E-state index in [1.54, 1.807) is 0 Å². The Hall–Kier alpha value is 0.310. The van der Waals surface area contributed by atoms with Gasteiger partial charge in [-0.25, -0.2) is 9.78 Å². The standard InChI is InChI=1S/C11H10N2O3S.2Na/c14-9-7-5-3-1-2-4-6(5)17-10(7)13-8(12-9)11(15)16;;/h1-4H2,(H,15,16)(H,12,13,14);;. The molecule has 0 saturated carbocycles. The molecule has 3 rings (SSSR count). The van der Waals surface area contributed by atoms with Crippen LogP contribution < -0.4 is 5.56 Å². The van der Waals surface area contributed by atoms with E-state index in [0.29, 0.717) is 10.2 Å². The zero-order valence-corrected chi connectivity index (χ0v) is 15.8. The van der Waals surface area contributed by atoms with Crippen molar-refractivity contribution in [2.45, 2.75) is 25.7 Å². The second kappa shape index (κ2) is 6.85. The van der Waals surface area contributed by atoms with E-state index >= 15 is 0 Å². The number of nitrogens with zero attached hydrogens (tertiary/aromatic N) is 1. The molecule has 0 spiro atoms. The minimum absolute atomic E-state index is 0. The van der Waals surface area contributed by atoms with Crippen LogP contribution >= 0.6 is 11.3 Å². The first-order chi connectivity index (χ1) is 8.16. The first-order valence-electron chi connectivity index (χ1n) is 5.44. The Labute approximate surface area is 157 Å². The summed E-state index contributed by atoms with van der Waals surface area (Å²) in [5.41, 5.74) is 0.744. The largest absolute Gasteiger partial charge is 0.475 e. The molecule has 0 fully saturated rings. The van der Waals surface area contributed by atoms with E-state index in [-0.39, 0.29) is 70.5 Å². The smallest absolute Gasteiger partial charge is 0.372 e. The van der Waals surface area contributed by atoms with Gasteiger partial charge in [0.25, 0.3) is 5.56 Å². The Kier molecular flexibility index (Phi) is 6.26. The summed E-state index contributed by atoms with van der Waals surface area (Å²) in [5, 5.41) is 9.44. The van der Waals surface area contributed by atoms with E-state index in [4.69, 9.17) is 5.11 Å². The number of thiophene rings is 1. The zero-order chi connectivity index (χ0) is 12.0. The summed E-state index contributed by atoms with van der Waals surface area (Å²) >= 11 is 1.45. The molecule has 0 atom stereocenters. The van der Waals surface area contributed by atoms with Gasteiger partial charge in [0, 0.05) is 64.0 Å². The van der Waals surface area contributed by atoms with Gasteiger partial charge in [0.1, 0.15) is 4.83 Å². The van der Waals surface area contributed by atoms with Gasteiger partial charge in [-0.05, 0) is 31.2 Å². The molecule has 19 heavy (non-hydrogen) atoms. The Bertz CT molecular complexity index is 680. The number of rotatable bonds is 1. The summed E-state index contributed by atoms with van der Waals surface area (Å²) in [5.74, 6) is -1.48. The molecule has 90 valence electrons. The number of aromatic amines is 1. The van der Waals surface area contributed by atoms with Crippen LogP contribution in [0.5, 0.6) is 0 Å². The van der Waals surface area contributed by atoms with Crippen LogP contribution in [-0.4, -0.2) is 80.2 Å². The molecule has 2 heterocycles. The van der Waals surface area contributed by atoms with Crippen LogP contribution in [0.4, 0.5) is 0 Å². The van der Waals surface area contributed by atoms with E-state index < -0.39 is 5.97 Å². The van der Waals surface area contributed by atoms with Crippen molar-refractivity contribution in [2.75, 3.05) is 0 Å². The number of hydrogen-bond donors (Lipinski definition) is 2. The van der Waals surface area contributed by atoms with Crippen LogP contribution in [0.2, 0.25) is 0 Å². The van der Waals surface area contributed by atoms with E-state index in [1.807, 2.05) is 0 Å². The number of hydrogen-bond acceptors (Lipinski definition) is 4. The van der Waals surface area contributed by atoms with Gasteiger partial charge >= 0.3 is 5.97 Å². The maximum absolute atomic E-state index is 11.9. The van der Waals surface area contributed by atoms with Gasteiger partial charge in [0.05, 0.1) is 5.39 Å². The van der Waals surface area contributed by atoms with Crippen molar-refractivity contribution in [3.05, 3.63) is 26.6 Å². The summed E-state index contributed by atoms with van der Waals surface area (Å²) in [7, 11) is 0. The quantitative estimate of drug-likeness (QED) is 0.763. The summed E-state index contributed by atoms with van der Waals surface area (Å²) < 4.78 is 0. The van der Waals surface area contributed by atoms with Crippen molar-refractivity contribution in [1.29, 1.82) is 0 Å². The minimum atomic E-state index is -1.20. The topological polar surface area (TPSA) is 83.0 Å². The number of nitrogens with one attached hydrogen (secondary N) is 1. The molecule has 2 aromatic heterocycles. The Morgan fingerprint density at radius 2 is 1.95 bits per heavy atom.